The lowest BCUT2D eigenvalue weighted by Gasteiger charge is -2.47. The summed E-state index contributed by atoms with van der Waals surface area (Å²) in [5, 5.41) is 11.4. The van der Waals surface area contributed by atoms with E-state index in [1.165, 1.54) is 25.7 Å². The average molecular weight is 571 g/mol. The fourth-order valence-corrected chi connectivity index (χ4v) is 7.60. The number of quaternary nitrogens is 1. The van der Waals surface area contributed by atoms with E-state index in [1.807, 2.05) is 6.07 Å². The molecule has 0 amide bonds. The molecule has 0 fully saturated rings. The summed E-state index contributed by atoms with van der Waals surface area (Å²) in [5.41, 5.74) is 2.86. The lowest BCUT2D eigenvalue weighted by molar-refractivity contribution is -0.921. The number of phenolic OH excluding ortho intramolecular Hbond substituents is 1. The maximum absolute atomic E-state index is 13.1. The Bertz CT molecular complexity index is 1020. The first-order valence-corrected chi connectivity index (χ1v) is 16.7. The van der Waals surface area contributed by atoms with Crippen molar-refractivity contribution in [2.45, 2.75) is 137 Å². The number of phenols is 1. The van der Waals surface area contributed by atoms with E-state index in [0.717, 1.165) is 85.1 Å². The predicted molar refractivity (Wildman–Crippen MR) is 170 cm³/mol. The number of esters is 1. The molecule has 3 rings (SSSR count). The molecule has 1 N–H and O–H groups in total. The summed E-state index contributed by atoms with van der Waals surface area (Å²) in [6.45, 7) is 21.6. The molecule has 0 bridgehead atoms. The highest BCUT2D eigenvalue weighted by Gasteiger charge is 2.46. The number of allylic oxidation sites excluding steroid dienone is 1. The summed E-state index contributed by atoms with van der Waals surface area (Å²) >= 11 is 0. The highest BCUT2D eigenvalue weighted by Crippen LogP contribution is 2.55. The third kappa shape index (κ3) is 8.30. The van der Waals surface area contributed by atoms with Gasteiger partial charge in [0.1, 0.15) is 23.7 Å². The highest BCUT2D eigenvalue weighted by molar-refractivity contribution is 5.70. The van der Waals surface area contributed by atoms with Crippen LogP contribution in [0.1, 0.15) is 137 Å². The zero-order valence-electron chi connectivity index (χ0n) is 27.6. The number of carbonyl (C=O) groups is 1. The van der Waals surface area contributed by atoms with Crippen LogP contribution in [0.5, 0.6) is 11.5 Å². The SMILES string of the molecule is CCCCCCC(C)(C)c1cc(O)c2c(c1)OC(C)(C)[C@H]1CC=C(COC(=O)C[N+](CCC)(CCC)CCC)C[C@H]21. The summed E-state index contributed by atoms with van der Waals surface area (Å²) < 4.78 is 13.4. The summed E-state index contributed by atoms with van der Waals surface area (Å²) in [4.78, 5) is 13.1. The third-order valence-corrected chi connectivity index (χ3v) is 9.80. The largest absolute Gasteiger partial charge is 0.508 e. The number of ether oxygens (including phenoxy) is 2. The van der Waals surface area contributed by atoms with Crippen LogP contribution < -0.4 is 4.74 Å². The van der Waals surface area contributed by atoms with Crippen molar-refractivity contribution in [2.75, 3.05) is 32.8 Å². The molecule has 232 valence electrons. The first kappa shape index (κ1) is 33.5. The number of aromatic hydroxyl groups is 1. The van der Waals surface area contributed by atoms with Crippen LogP contribution in [0.25, 0.3) is 0 Å². The molecule has 0 aromatic heterocycles. The van der Waals surface area contributed by atoms with Gasteiger partial charge in [0.25, 0.3) is 0 Å². The van der Waals surface area contributed by atoms with Gasteiger partial charge in [0.15, 0.2) is 6.54 Å². The number of carbonyl (C=O) groups excluding carboxylic acids is 1. The minimum Gasteiger partial charge on any atom is -0.508 e. The molecule has 2 aliphatic rings. The van der Waals surface area contributed by atoms with E-state index in [9.17, 15) is 9.90 Å². The molecular formula is C36H60NO4+. The molecule has 0 radical (unpaired) electrons. The van der Waals surface area contributed by atoms with Crippen LogP contribution in [0.3, 0.4) is 0 Å². The maximum atomic E-state index is 13.1. The summed E-state index contributed by atoms with van der Waals surface area (Å²) in [6.07, 6.45) is 13.1. The number of hydrogen-bond acceptors (Lipinski definition) is 4. The normalized spacial score (nSPS) is 20.0. The standard InChI is InChI=1S/C36H59NO4/c1-9-13-14-15-18-35(5,6)28-23-31(38)34-29-22-27(16-17-30(29)36(7,8)41-32(34)24-28)26-40-33(39)25-37(19-10-2,20-11-3)21-12-4/h16,23-24,29-30H,9-15,17-22,25-26H2,1-8H3/p+1/t29-,30-/m0/s1. The number of benzene rings is 1. The van der Waals surface area contributed by atoms with Crippen LogP contribution in [-0.2, 0) is 14.9 Å². The van der Waals surface area contributed by atoms with Gasteiger partial charge in [-0.15, -0.1) is 0 Å². The Kier molecular flexibility index (Phi) is 11.8. The number of fused-ring (bicyclic) bond motifs is 3. The highest BCUT2D eigenvalue weighted by atomic mass is 16.5. The second kappa shape index (κ2) is 14.4. The van der Waals surface area contributed by atoms with Gasteiger partial charge in [-0.25, -0.2) is 4.79 Å². The van der Waals surface area contributed by atoms with Crippen molar-refractivity contribution >= 4 is 5.97 Å². The Balaban J connectivity index is 1.76. The molecule has 1 heterocycles. The van der Waals surface area contributed by atoms with Crippen molar-refractivity contribution in [1.29, 1.82) is 0 Å². The average Bonchev–Trinajstić information content (AvgIpc) is 2.89. The molecule has 1 aliphatic carbocycles. The smallest absolute Gasteiger partial charge is 0.362 e. The lowest BCUT2D eigenvalue weighted by atomic mass is 9.66. The van der Waals surface area contributed by atoms with Gasteiger partial charge in [0.05, 0.1) is 19.6 Å². The molecule has 0 saturated heterocycles. The van der Waals surface area contributed by atoms with Gasteiger partial charge in [-0.1, -0.05) is 73.3 Å². The van der Waals surface area contributed by atoms with E-state index in [2.05, 4.69) is 67.5 Å². The van der Waals surface area contributed by atoms with Gasteiger partial charge < -0.3 is 19.1 Å². The van der Waals surface area contributed by atoms with Crippen LogP contribution in [0.15, 0.2) is 23.8 Å². The first-order chi connectivity index (χ1) is 19.4. The fourth-order valence-electron chi connectivity index (χ4n) is 7.60. The molecule has 2 atom stereocenters. The molecule has 1 aliphatic heterocycles. The van der Waals surface area contributed by atoms with Gasteiger partial charge in [0.2, 0.25) is 0 Å². The summed E-state index contributed by atoms with van der Waals surface area (Å²) in [6, 6.07) is 4.18. The Morgan fingerprint density at radius 1 is 1.02 bits per heavy atom. The molecule has 1 aromatic carbocycles. The van der Waals surface area contributed by atoms with E-state index in [4.69, 9.17) is 9.47 Å². The Hall–Kier alpha value is -2.01. The second-order valence-electron chi connectivity index (χ2n) is 14.2. The quantitative estimate of drug-likeness (QED) is 0.0934. The lowest BCUT2D eigenvalue weighted by Crippen LogP contribution is -2.53. The molecule has 0 unspecified atom stereocenters. The predicted octanol–water partition coefficient (Wildman–Crippen LogP) is 8.82. The molecule has 5 nitrogen and oxygen atoms in total. The number of rotatable bonds is 16. The molecular weight excluding hydrogens is 510 g/mol. The first-order valence-electron chi connectivity index (χ1n) is 16.7. The number of nitrogens with zero attached hydrogens (tertiary/aromatic N) is 1. The Labute approximate surface area is 251 Å². The minimum absolute atomic E-state index is 0.0303. The molecule has 41 heavy (non-hydrogen) atoms. The molecule has 1 aromatic rings. The van der Waals surface area contributed by atoms with Crippen molar-refractivity contribution in [3.8, 4) is 11.5 Å². The molecule has 5 heteroatoms. The summed E-state index contributed by atoms with van der Waals surface area (Å²) in [5.74, 6) is 1.49. The van der Waals surface area contributed by atoms with Crippen molar-refractivity contribution in [3.63, 3.8) is 0 Å². The number of hydrogen-bond donors (Lipinski definition) is 1. The van der Waals surface area contributed by atoms with Crippen LogP contribution in [0.2, 0.25) is 0 Å². The maximum Gasteiger partial charge on any atom is 0.362 e. The fraction of sp³-hybridized carbons (Fsp3) is 0.750. The Morgan fingerprint density at radius 3 is 2.29 bits per heavy atom. The monoisotopic (exact) mass is 570 g/mol. The van der Waals surface area contributed by atoms with Gasteiger partial charge in [-0.05, 0) is 81.1 Å². The topological polar surface area (TPSA) is 55.8 Å². The van der Waals surface area contributed by atoms with Crippen LogP contribution in [0, 0.1) is 5.92 Å². The van der Waals surface area contributed by atoms with Gasteiger partial charge >= 0.3 is 5.97 Å². The van der Waals surface area contributed by atoms with E-state index >= 15 is 0 Å². The zero-order valence-corrected chi connectivity index (χ0v) is 27.6. The zero-order chi connectivity index (χ0) is 30.3. The van der Waals surface area contributed by atoms with Crippen LogP contribution in [0.4, 0.5) is 0 Å². The van der Waals surface area contributed by atoms with Crippen molar-refractivity contribution in [3.05, 3.63) is 34.9 Å². The van der Waals surface area contributed by atoms with Crippen molar-refractivity contribution in [1.82, 2.24) is 0 Å². The van der Waals surface area contributed by atoms with Crippen LogP contribution in [-0.4, -0.2) is 53.9 Å². The van der Waals surface area contributed by atoms with E-state index < -0.39 is 0 Å². The number of unbranched alkanes of at least 4 members (excludes halogenated alkanes) is 3. The minimum atomic E-state index is -0.343. The second-order valence-corrected chi connectivity index (χ2v) is 14.2. The van der Waals surface area contributed by atoms with Gasteiger partial charge in [0, 0.05) is 17.4 Å². The van der Waals surface area contributed by atoms with Crippen LogP contribution >= 0.6 is 0 Å². The van der Waals surface area contributed by atoms with E-state index in [0.29, 0.717) is 18.9 Å². The third-order valence-electron chi connectivity index (χ3n) is 9.80. The van der Waals surface area contributed by atoms with Gasteiger partial charge in [-0.2, -0.15) is 0 Å². The Morgan fingerprint density at radius 2 is 1.68 bits per heavy atom. The molecule has 0 spiro atoms. The van der Waals surface area contributed by atoms with Gasteiger partial charge in [-0.3, -0.25) is 0 Å². The summed E-state index contributed by atoms with van der Waals surface area (Å²) in [7, 11) is 0. The van der Waals surface area contributed by atoms with Crippen molar-refractivity contribution in [2.24, 2.45) is 5.92 Å². The van der Waals surface area contributed by atoms with E-state index in [1.54, 1.807) is 0 Å². The molecule has 0 saturated carbocycles. The van der Waals surface area contributed by atoms with Crippen molar-refractivity contribution < 1.29 is 23.9 Å². The van der Waals surface area contributed by atoms with E-state index in [-0.39, 0.29) is 28.8 Å².